The van der Waals surface area contributed by atoms with Crippen molar-refractivity contribution in [1.82, 2.24) is 0 Å². The molecule has 0 fully saturated rings. The Balaban J connectivity index is 2.64. The Kier molecular flexibility index (Phi) is 3.46. The molecule has 0 saturated carbocycles. The van der Waals surface area contributed by atoms with Crippen LogP contribution in [0.3, 0.4) is 0 Å². The summed E-state index contributed by atoms with van der Waals surface area (Å²) in [5.74, 6) is 0.150. The van der Waals surface area contributed by atoms with Gasteiger partial charge in [0.15, 0.2) is 0 Å². The Morgan fingerprint density at radius 3 is 2.21 bits per heavy atom. The number of halogens is 2. The van der Waals surface area contributed by atoms with E-state index < -0.39 is 6.11 Å². The fraction of sp³-hybridized carbons (Fsp3) is 0.333. The van der Waals surface area contributed by atoms with Gasteiger partial charge in [0.25, 0.3) is 0 Å². The third-order valence-electron chi connectivity index (χ3n) is 1.53. The highest BCUT2D eigenvalue weighted by molar-refractivity contribution is 6.46. The number of rotatable bonds is 4. The Labute approximate surface area is 82.1 Å². The van der Waals surface area contributed by atoms with Gasteiger partial charge in [-0.3, -0.25) is 0 Å². The van der Waals surface area contributed by atoms with Gasteiger partial charge in [-0.2, -0.15) is 8.78 Å². The lowest BCUT2D eigenvalue weighted by Gasteiger charge is -2.12. The first kappa shape index (κ1) is 11.0. The maximum absolute atomic E-state index is 12.4. The van der Waals surface area contributed by atoms with Crippen LogP contribution in [0.2, 0.25) is 0 Å². The zero-order valence-electron chi connectivity index (χ0n) is 8.09. The van der Waals surface area contributed by atoms with Crippen LogP contribution in [0.1, 0.15) is 6.92 Å². The standard InChI is InChI=1S/C9H11BF2O2/c1-9(11,12)14-8-5-3-7(4-6-8)10-13-2/h3-6,10H,1-2H3. The lowest BCUT2D eigenvalue weighted by Crippen LogP contribution is -2.20. The summed E-state index contributed by atoms with van der Waals surface area (Å²) in [6.07, 6.45) is -3.14. The van der Waals surface area contributed by atoms with E-state index in [-0.39, 0.29) is 5.75 Å². The minimum absolute atomic E-state index is 0.150. The van der Waals surface area contributed by atoms with Crippen molar-refractivity contribution in [2.24, 2.45) is 0 Å². The van der Waals surface area contributed by atoms with Crippen LogP contribution >= 0.6 is 0 Å². The molecule has 0 atom stereocenters. The summed E-state index contributed by atoms with van der Waals surface area (Å²) in [5.41, 5.74) is 0.916. The van der Waals surface area contributed by atoms with Gasteiger partial charge >= 0.3 is 13.6 Å². The molecule has 14 heavy (non-hydrogen) atoms. The monoisotopic (exact) mass is 200 g/mol. The molecule has 2 nitrogen and oxygen atoms in total. The summed E-state index contributed by atoms with van der Waals surface area (Å²) >= 11 is 0. The van der Waals surface area contributed by atoms with Crippen molar-refractivity contribution in [3.8, 4) is 5.75 Å². The van der Waals surface area contributed by atoms with E-state index in [1.165, 1.54) is 12.1 Å². The van der Waals surface area contributed by atoms with Crippen molar-refractivity contribution in [2.45, 2.75) is 13.0 Å². The van der Waals surface area contributed by atoms with Crippen LogP contribution in [0.25, 0.3) is 0 Å². The second-order valence-electron chi connectivity index (χ2n) is 2.99. The first-order valence-electron chi connectivity index (χ1n) is 4.16. The van der Waals surface area contributed by atoms with Crippen molar-refractivity contribution >= 4 is 12.9 Å². The molecule has 0 aliphatic heterocycles. The fourth-order valence-corrected chi connectivity index (χ4v) is 1.03. The van der Waals surface area contributed by atoms with Gasteiger partial charge in [-0.05, 0) is 12.1 Å². The predicted octanol–water partition coefficient (Wildman–Crippen LogP) is 1.30. The average molecular weight is 200 g/mol. The van der Waals surface area contributed by atoms with E-state index in [0.29, 0.717) is 14.4 Å². The fourth-order valence-electron chi connectivity index (χ4n) is 1.03. The van der Waals surface area contributed by atoms with Crippen LogP contribution in [-0.2, 0) is 4.65 Å². The largest absolute Gasteiger partial charge is 0.437 e. The Morgan fingerprint density at radius 2 is 1.79 bits per heavy atom. The molecular formula is C9H11BF2O2. The van der Waals surface area contributed by atoms with Crippen molar-refractivity contribution < 1.29 is 18.2 Å². The van der Waals surface area contributed by atoms with Crippen molar-refractivity contribution in [3.63, 3.8) is 0 Å². The van der Waals surface area contributed by atoms with Crippen molar-refractivity contribution in [1.29, 1.82) is 0 Å². The summed E-state index contributed by atoms with van der Waals surface area (Å²) in [6, 6.07) is 6.35. The SMILES string of the molecule is COBc1ccc(OC(C)(F)F)cc1. The van der Waals surface area contributed by atoms with E-state index >= 15 is 0 Å². The molecule has 0 unspecified atom stereocenters. The van der Waals surface area contributed by atoms with E-state index in [0.717, 1.165) is 5.46 Å². The van der Waals surface area contributed by atoms with Crippen molar-refractivity contribution in [3.05, 3.63) is 24.3 Å². The highest BCUT2D eigenvalue weighted by Crippen LogP contribution is 2.19. The quantitative estimate of drug-likeness (QED) is 0.682. The number of hydrogen-bond acceptors (Lipinski definition) is 2. The lowest BCUT2D eigenvalue weighted by atomic mass is 9.88. The van der Waals surface area contributed by atoms with Gasteiger partial charge < -0.3 is 9.39 Å². The van der Waals surface area contributed by atoms with Crippen LogP contribution in [0.5, 0.6) is 5.75 Å². The van der Waals surface area contributed by atoms with Crippen LogP contribution in [-0.4, -0.2) is 20.7 Å². The van der Waals surface area contributed by atoms with Crippen molar-refractivity contribution in [2.75, 3.05) is 7.11 Å². The third-order valence-corrected chi connectivity index (χ3v) is 1.53. The highest BCUT2D eigenvalue weighted by Gasteiger charge is 2.22. The van der Waals surface area contributed by atoms with E-state index in [9.17, 15) is 8.78 Å². The minimum Gasteiger partial charge on any atom is -0.437 e. The summed E-state index contributed by atoms with van der Waals surface area (Å²) < 4.78 is 34.1. The number of hydrogen-bond donors (Lipinski definition) is 0. The van der Waals surface area contributed by atoms with Gasteiger partial charge in [0, 0.05) is 14.0 Å². The van der Waals surface area contributed by atoms with Gasteiger partial charge in [0.1, 0.15) is 5.75 Å². The number of alkyl halides is 2. The van der Waals surface area contributed by atoms with Gasteiger partial charge in [-0.25, -0.2) is 0 Å². The van der Waals surface area contributed by atoms with Gasteiger partial charge in [0.2, 0.25) is 0 Å². The predicted molar refractivity (Wildman–Crippen MR) is 51.5 cm³/mol. The summed E-state index contributed by atoms with van der Waals surface area (Å²) in [6.45, 7) is 0.704. The molecule has 0 aliphatic rings. The summed E-state index contributed by atoms with van der Waals surface area (Å²) in [4.78, 5) is 0. The lowest BCUT2D eigenvalue weighted by molar-refractivity contribution is -0.158. The van der Waals surface area contributed by atoms with E-state index in [2.05, 4.69) is 4.74 Å². The summed E-state index contributed by atoms with van der Waals surface area (Å²) in [7, 11) is 2.04. The Bertz CT molecular complexity index is 282. The zero-order chi connectivity index (χ0) is 10.6. The molecule has 5 heteroatoms. The van der Waals surface area contributed by atoms with Gasteiger partial charge in [0.05, 0.1) is 0 Å². The van der Waals surface area contributed by atoms with E-state index in [1.807, 2.05) is 0 Å². The average Bonchev–Trinajstić information content (AvgIpc) is 2.06. The number of ether oxygens (including phenoxy) is 1. The topological polar surface area (TPSA) is 18.5 Å². The molecule has 0 heterocycles. The molecule has 0 spiro atoms. The Morgan fingerprint density at radius 1 is 1.21 bits per heavy atom. The first-order chi connectivity index (χ1) is 6.51. The van der Waals surface area contributed by atoms with Crippen LogP contribution < -0.4 is 10.2 Å². The molecule has 0 bridgehead atoms. The zero-order valence-corrected chi connectivity index (χ0v) is 8.09. The van der Waals surface area contributed by atoms with Crippen LogP contribution in [0, 0.1) is 0 Å². The smallest absolute Gasteiger partial charge is 0.394 e. The van der Waals surface area contributed by atoms with Crippen LogP contribution in [0.4, 0.5) is 8.78 Å². The molecule has 1 aromatic carbocycles. The summed E-state index contributed by atoms with van der Waals surface area (Å²) in [5, 5.41) is 0. The molecule has 76 valence electrons. The molecule has 0 aromatic heterocycles. The molecule has 1 aromatic rings. The maximum atomic E-state index is 12.4. The third kappa shape index (κ3) is 3.74. The molecule has 0 saturated heterocycles. The van der Waals surface area contributed by atoms with Gasteiger partial charge in [-0.15, -0.1) is 0 Å². The second-order valence-corrected chi connectivity index (χ2v) is 2.99. The van der Waals surface area contributed by atoms with E-state index in [1.54, 1.807) is 19.2 Å². The normalized spacial score (nSPS) is 11.1. The molecular weight excluding hydrogens is 189 g/mol. The second kappa shape index (κ2) is 4.42. The highest BCUT2D eigenvalue weighted by atomic mass is 19.3. The Hall–Kier alpha value is -1.10. The maximum Gasteiger partial charge on any atom is 0.394 e. The molecule has 0 amide bonds. The molecule has 1 rings (SSSR count). The molecule has 0 radical (unpaired) electrons. The van der Waals surface area contributed by atoms with Gasteiger partial charge in [-0.1, -0.05) is 17.6 Å². The number of benzene rings is 1. The molecule has 0 aliphatic carbocycles. The molecule has 0 N–H and O–H groups in total. The first-order valence-corrected chi connectivity index (χ1v) is 4.16. The minimum atomic E-state index is -3.14. The van der Waals surface area contributed by atoms with E-state index in [4.69, 9.17) is 4.65 Å². The van der Waals surface area contributed by atoms with Crippen LogP contribution in [0.15, 0.2) is 24.3 Å².